The van der Waals surface area contributed by atoms with Crippen LogP contribution in [0.25, 0.3) is 0 Å². The summed E-state index contributed by atoms with van der Waals surface area (Å²) >= 11 is 0. The Morgan fingerprint density at radius 1 is 1.36 bits per heavy atom. The molecule has 0 fully saturated rings. The maximum Gasteiger partial charge on any atom is 0.0366 e. The zero-order valence-electron chi connectivity index (χ0n) is 9.38. The first-order valence-corrected chi connectivity index (χ1v) is 5.22. The molecule has 0 aromatic heterocycles. The molecule has 0 aliphatic rings. The highest BCUT2D eigenvalue weighted by Crippen LogP contribution is 2.13. The fraction of sp³-hybridized carbons (Fsp3) is 0.500. The lowest BCUT2D eigenvalue weighted by atomic mass is 10.2. The van der Waals surface area contributed by atoms with Crippen molar-refractivity contribution in [3.63, 3.8) is 0 Å². The number of rotatable bonds is 5. The number of likely N-dealkylation sites (N-methyl/N-ethyl adjacent to an activating group) is 2. The fourth-order valence-electron chi connectivity index (χ4n) is 1.42. The van der Waals surface area contributed by atoms with Crippen molar-refractivity contribution in [3.05, 3.63) is 29.8 Å². The number of aryl methyl sites for hydroxylation is 1. The van der Waals surface area contributed by atoms with Crippen LogP contribution in [0.4, 0.5) is 5.69 Å². The molecule has 2 heteroatoms. The number of anilines is 1. The van der Waals surface area contributed by atoms with Crippen molar-refractivity contribution in [2.24, 2.45) is 0 Å². The molecule has 2 nitrogen and oxygen atoms in total. The van der Waals surface area contributed by atoms with Crippen molar-refractivity contribution in [2.75, 3.05) is 31.6 Å². The van der Waals surface area contributed by atoms with Gasteiger partial charge in [0.05, 0.1) is 0 Å². The summed E-state index contributed by atoms with van der Waals surface area (Å²) < 4.78 is 0. The molecule has 0 radical (unpaired) electrons. The van der Waals surface area contributed by atoms with Gasteiger partial charge in [-0.2, -0.15) is 0 Å². The Morgan fingerprint density at radius 3 is 2.79 bits per heavy atom. The predicted molar refractivity (Wildman–Crippen MR) is 63.0 cm³/mol. The van der Waals surface area contributed by atoms with Crippen LogP contribution in [0.3, 0.4) is 0 Å². The molecule has 0 aliphatic heterocycles. The van der Waals surface area contributed by atoms with E-state index in [2.05, 4.69) is 55.4 Å². The summed E-state index contributed by atoms with van der Waals surface area (Å²) in [6.45, 7) is 7.40. The summed E-state index contributed by atoms with van der Waals surface area (Å²) in [5.41, 5.74) is 2.61. The van der Waals surface area contributed by atoms with E-state index < -0.39 is 0 Å². The smallest absolute Gasteiger partial charge is 0.0366 e. The van der Waals surface area contributed by atoms with E-state index in [0.717, 1.165) is 19.6 Å². The Labute approximate surface area is 86.9 Å². The van der Waals surface area contributed by atoms with Gasteiger partial charge in [-0.3, -0.25) is 0 Å². The van der Waals surface area contributed by atoms with Gasteiger partial charge in [0.1, 0.15) is 0 Å². The number of hydrogen-bond donors (Lipinski definition) is 1. The van der Waals surface area contributed by atoms with Crippen LogP contribution in [0, 0.1) is 6.92 Å². The summed E-state index contributed by atoms with van der Waals surface area (Å²) in [6.07, 6.45) is 0. The molecule has 0 amide bonds. The van der Waals surface area contributed by atoms with Gasteiger partial charge in [0, 0.05) is 25.8 Å². The highest BCUT2D eigenvalue weighted by atomic mass is 15.1. The molecule has 1 rings (SSSR count). The zero-order chi connectivity index (χ0) is 10.4. The predicted octanol–water partition coefficient (Wildman–Crippen LogP) is 2.04. The summed E-state index contributed by atoms with van der Waals surface area (Å²) in [5.74, 6) is 0. The lowest BCUT2D eigenvalue weighted by molar-refractivity contribution is 0.706. The molecule has 78 valence electrons. The molecule has 0 heterocycles. The Kier molecular flexibility index (Phi) is 4.47. The fourth-order valence-corrected chi connectivity index (χ4v) is 1.42. The topological polar surface area (TPSA) is 15.3 Å². The Hall–Kier alpha value is -1.02. The molecular weight excluding hydrogens is 172 g/mol. The van der Waals surface area contributed by atoms with E-state index in [1.165, 1.54) is 11.3 Å². The monoisotopic (exact) mass is 192 g/mol. The molecule has 1 N–H and O–H groups in total. The van der Waals surface area contributed by atoms with E-state index in [0.29, 0.717) is 0 Å². The van der Waals surface area contributed by atoms with E-state index in [1.54, 1.807) is 0 Å². The number of nitrogens with zero attached hydrogens (tertiary/aromatic N) is 1. The van der Waals surface area contributed by atoms with Crippen LogP contribution in [0.15, 0.2) is 24.3 Å². The van der Waals surface area contributed by atoms with Crippen molar-refractivity contribution < 1.29 is 0 Å². The molecule has 0 spiro atoms. The Morgan fingerprint density at radius 2 is 2.14 bits per heavy atom. The van der Waals surface area contributed by atoms with Crippen LogP contribution < -0.4 is 10.2 Å². The molecular formula is C12H20N2. The Bertz CT molecular complexity index is 271. The van der Waals surface area contributed by atoms with Crippen molar-refractivity contribution in [1.82, 2.24) is 5.32 Å². The normalized spacial score (nSPS) is 10.2. The molecule has 0 atom stereocenters. The molecule has 0 saturated heterocycles. The first-order chi connectivity index (χ1) is 6.74. The average molecular weight is 192 g/mol. The SMILES string of the molecule is CCNCCN(C)c1cccc(C)c1. The second-order valence-electron chi connectivity index (χ2n) is 3.61. The van der Waals surface area contributed by atoms with Crippen LogP contribution in [0.1, 0.15) is 12.5 Å². The average Bonchev–Trinajstić information content (AvgIpc) is 2.18. The minimum Gasteiger partial charge on any atom is -0.373 e. The summed E-state index contributed by atoms with van der Waals surface area (Å²) in [6, 6.07) is 8.60. The van der Waals surface area contributed by atoms with Gasteiger partial charge < -0.3 is 10.2 Å². The van der Waals surface area contributed by atoms with Gasteiger partial charge >= 0.3 is 0 Å². The van der Waals surface area contributed by atoms with Crippen LogP contribution in [0.2, 0.25) is 0 Å². The molecule has 0 saturated carbocycles. The van der Waals surface area contributed by atoms with E-state index in [4.69, 9.17) is 0 Å². The summed E-state index contributed by atoms with van der Waals surface area (Å²) in [7, 11) is 2.13. The van der Waals surface area contributed by atoms with Crippen LogP contribution in [0.5, 0.6) is 0 Å². The number of hydrogen-bond acceptors (Lipinski definition) is 2. The maximum absolute atomic E-state index is 3.32. The van der Waals surface area contributed by atoms with Crippen LogP contribution >= 0.6 is 0 Å². The molecule has 0 bridgehead atoms. The summed E-state index contributed by atoms with van der Waals surface area (Å²) in [5, 5.41) is 3.32. The second-order valence-corrected chi connectivity index (χ2v) is 3.61. The first-order valence-electron chi connectivity index (χ1n) is 5.22. The van der Waals surface area contributed by atoms with Gasteiger partial charge in [0.25, 0.3) is 0 Å². The molecule has 1 aromatic rings. The third kappa shape index (κ3) is 3.38. The molecule has 0 aliphatic carbocycles. The van der Waals surface area contributed by atoms with Crippen molar-refractivity contribution >= 4 is 5.69 Å². The van der Waals surface area contributed by atoms with Gasteiger partial charge in [-0.25, -0.2) is 0 Å². The summed E-state index contributed by atoms with van der Waals surface area (Å²) in [4.78, 5) is 2.27. The third-order valence-corrected chi connectivity index (χ3v) is 2.32. The number of nitrogens with one attached hydrogen (secondary N) is 1. The number of benzene rings is 1. The largest absolute Gasteiger partial charge is 0.373 e. The lowest BCUT2D eigenvalue weighted by Crippen LogP contribution is -2.28. The zero-order valence-corrected chi connectivity index (χ0v) is 9.38. The minimum atomic E-state index is 1.04. The second kappa shape index (κ2) is 5.66. The van der Waals surface area contributed by atoms with Gasteiger partial charge in [0.15, 0.2) is 0 Å². The van der Waals surface area contributed by atoms with E-state index in [9.17, 15) is 0 Å². The van der Waals surface area contributed by atoms with Crippen molar-refractivity contribution in [1.29, 1.82) is 0 Å². The third-order valence-electron chi connectivity index (χ3n) is 2.32. The van der Waals surface area contributed by atoms with Crippen molar-refractivity contribution in [3.8, 4) is 0 Å². The molecule has 0 unspecified atom stereocenters. The Balaban J connectivity index is 2.47. The van der Waals surface area contributed by atoms with Gasteiger partial charge in [-0.15, -0.1) is 0 Å². The van der Waals surface area contributed by atoms with Gasteiger partial charge in [0.2, 0.25) is 0 Å². The van der Waals surface area contributed by atoms with E-state index in [-0.39, 0.29) is 0 Å². The first kappa shape index (κ1) is 11.1. The van der Waals surface area contributed by atoms with Gasteiger partial charge in [-0.05, 0) is 31.2 Å². The van der Waals surface area contributed by atoms with Gasteiger partial charge in [-0.1, -0.05) is 19.1 Å². The lowest BCUT2D eigenvalue weighted by Gasteiger charge is -2.19. The highest BCUT2D eigenvalue weighted by molar-refractivity contribution is 5.47. The van der Waals surface area contributed by atoms with E-state index >= 15 is 0 Å². The van der Waals surface area contributed by atoms with Crippen LogP contribution in [-0.4, -0.2) is 26.7 Å². The minimum absolute atomic E-state index is 1.04. The van der Waals surface area contributed by atoms with Crippen molar-refractivity contribution in [2.45, 2.75) is 13.8 Å². The molecule has 14 heavy (non-hydrogen) atoms. The van der Waals surface area contributed by atoms with Crippen LogP contribution in [-0.2, 0) is 0 Å². The standard InChI is InChI=1S/C12H20N2/c1-4-13-8-9-14(3)12-7-5-6-11(2)10-12/h5-7,10,13H,4,8-9H2,1-3H3. The molecule has 1 aromatic carbocycles. The highest BCUT2D eigenvalue weighted by Gasteiger charge is 1.98. The maximum atomic E-state index is 3.32. The van der Waals surface area contributed by atoms with E-state index in [1.807, 2.05) is 0 Å². The quantitative estimate of drug-likeness (QED) is 0.718.